The van der Waals surface area contributed by atoms with Gasteiger partial charge in [-0.1, -0.05) is 29.3 Å². The van der Waals surface area contributed by atoms with Crippen LogP contribution in [0.3, 0.4) is 0 Å². The lowest BCUT2D eigenvalue weighted by Crippen LogP contribution is -1.92. The average molecular weight is 325 g/mol. The average Bonchev–Trinajstić information content (AvgIpc) is 2.86. The Balaban J connectivity index is 2.25. The Morgan fingerprint density at radius 2 is 2.00 bits per heavy atom. The summed E-state index contributed by atoms with van der Waals surface area (Å²) in [6.07, 6.45) is 0. The maximum Gasteiger partial charge on any atom is 0.131 e. The molecule has 0 unspecified atom stereocenters. The monoisotopic (exact) mass is 324 g/mol. The minimum atomic E-state index is 0.478. The maximum absolute atomic E-state index is 6.18. The SMILES string of the molecule is COc1cc(N)c(Cl)cc1-c1nc2cccc(Cl)c2s1. The van der Waals surface area contributed by atoms with Crippen molar-refractivity contribution in [1.29, 1.82) is 0 Å². The van der Waals surface area contributed by atoms with Gasteiger partial charge in [0, 0.05) is 6.07 Å². The molecule has 3 nitrogen and oxygen atoms in total. The van der Waals surface area contributed by atoms with Gasteiger partial charge in [0.2, 0.25) is 0 Å². The number of nitrogens with two attached hydrogens (primary N) is 1. The minimum absolute atomic E-state index is 0.478. The first kappa shape index (κ1) is 13.5. The third kappa shape index (κ3) is 2.20. The van der Waals surface area contributed by atoms with Crippen LogP contribution in [0.15, 0.2) is 30.3 Å². The summed E-state index contributed by atoms with van der Waals surface area (Å²) in [5.41, 5.74) is 7.93. The van der Waals surface area contributed by atoms with Crippen molar-refractivity contribution in [2.45, 2.75) is 0 Å². The highest BCUT2D eigenvalue weighted by molar-refractivity contribution is 7.22. The largest absolute Gasteiger partial charge is 0.496 e. The second kappa shape index (κ2) is 5.13. The van der Waals surface area contributed by atoms with Crippen LogP contribution >= 0.6 is 34.5 Å². The number of nitrogen functional groups attached to an aromatic ring is 1. The molecular weight excluding hydrogens is 315 g/mol. The van der Waals surface area contributed by atoms with Crippen LogP contribution in [0.5, 0.6) is 5.75 Å². The summed E-state index contributed by atoms with van der Waals surface area (Å²) in [5, 5.41) is 1.96. The third-order valence-electron chi connectivity index (χ3n) is 2.92. The van der Waals surface area contributed by atoms with E-state index < -0.39 is 0 Å². The zero-order valence-electron chi connectivity index (χ0n) is 10.5. The van der Waals surface area contributed by atoms with Crippen LogP contribution < -0.4 is 10.5 Å². The fraction of sp³-hybridized carbons (Fsp3) is 0.0714. The van der Waals surface area contributed by atoms with E-state index in [9.17, 15) is 0 Å². The molecule has 0 saturated heterocycles. The van der Waals surface area contributed by atoms with Crippen molar-refractivity contribution in [3.63, 3.8) is 0 Å². The van der Waals surface area contributed by atoms with Gasteiger partial charge in [-0.25, -0.2) is 4.98 Å². The number of anilines is 1. The third-order valence-corrected chi connectivity index (χ3v) is 4.81. The molecule has 1 heterocycles. The summed E-state index contributed by atoms with van der Waals surface area (Å²) >= 11 is 13.8. The van der Waals surface area contributed by atoms with E-state index in [-0.39, 0.29) is 0 Å². The molecule has 0 saturated carbocycles. The summed E-state index contributed by atoms with van der Waals surface area (Å²) in [5.74, 6) is 0.641. The number of rotatable bonds is 2. The molecule has 6 heteroatoms. The van der Waals surface area contributed by atoms with Gasteiger partial charge in [0.15, 0.2) is 0 Å². The van der Waals surface area contributed by atoms with Crippen molar-refractivity contribution >= 4 is 50.4 Å². The number of methoxy groups -OCH3 is 1. The van der Waals surface area contributed by atoms with Crippen molar-refractivity contribution < 1.29 is 4.74 Å². The molecule has 0 amide bonds. The summed E-state index contributed by atoms with van der Waals surface area (Å²) in [4.78, 5) is 4.58. The lowest BCUT2D eigenvalue weighted by molar-refractivity contribution is 0.416. The number of hydrogen-bond acceptors (Lipinski definition) is 4. The first-order chi connectivity index (χ1) is 9.60. The molecule has 0 aliphatic heterocycles. The van der Waals surface area contributed by atoms with Crippen LogP contribution in [-0.4, -0.2) is 12.1 Å². The fourth-order valence-electron chi connectivity index (χ4n) is 1.94. The number of hydrogen-bond donors (Lipinski definition) is 1. The van der Waals surface area contributed by atoms with Crippen molar-refractivity contribution in [2.75, 3.05) is 12.8 Å². The number of halogens is 2. The second-order valence-electron chi connectivity index (χ2n) is 4.18. The van der Waals surface area contributed by atoms with Crippen LogP contribution in [0.4, 0.5) is 5.69 Å². The molecule has 0 atom stereocenters. The van der Waals surface area contributed by atoms with Gasteiger partial charge in [-0.3, -0.25) is 0 Å². The number of ether oxygens (including phenoxy) is 1. The summed E-state index contributed by atoms with van der Waals surface area (Å²) in [6, 6.07) is 9.11. The summed E-state index contributed by atoms with van der Waals surface area (Å²) < 4.78 is 6.30. The number of thiazole rings is 1. The fourth-order valence-corrected chi connectivity index (χ4v) is 3.38. The van der Waals surface area contributed by atoms with Gasteiger partial charge >= 0.3 is 0 Å². The predicted octanol–water partition coefficient (Wildman–Crippen LogP) is 4.86. The van der Waals surface area contributed by atoms with Crippen molar-refractivity contribution in [1.82, 2.24) is 4.98 Å². The Kier molecular flexibility index (Phi) is 3.46. The molecule has 0 aliphatic carbocycles. The van der Waals surface area contributed by atoms with Crippen LogP contribution in [-0.2, 0) is 0 Å². The Labute approximate surface area is 129 Å². The molecular formula is C14H10Cl2N2OS. The zero-order chi connectivity index (χ0) is 14.3. The summed E-state index contributed by atoms with van der Waals surface area (Å²) in [6.45, 7) is 0. The molecule has 0 radical (unpaired) electrons. The van der Waals surface area contributed by atoms with Gasteiger partial charge in [0.05, 0.1) is 38.6 Å². The van der Waals surface area contributed by atoms with E-state index in [2.05, 4.69) is 4.98 Å². The van der Waals surface area contributed by atoms with E-state index in [0.717, 1.165) is 20.8 Å². The highest BCUT2D eigenvalue weighted by atomic mass is 35.5. The molecule has 2 N–H and O–H groups in total. The normalized spacial score (nSPS) is 10.9. The molecule has 0 aliphatic rings. The molecule has 2 aromatic carbocycles. The molecule has 1 aromatic heterocycles. The Hall–Kier alpha value is -1.49. The van der Waals surface area contributed by atoms with Gasteiger partial charge in [0.1, 0.15) is 10.8 Å². The van der Waals surface area contributed by atoms with Gasteiger partial charge in [-0.2, -0.15) is 0 Å². The van der Waals surface area contributed by atoms with Gasteiger partial charge in [0.25, 0.3) is 0 Å². The van der Waals surface area contributed by atoms with E-state index >= 15 is 0 Å². The van der Waals surface area contributed by atoms with Crippen molar-refractivity contribution in [3.8, 4) is 16.3 Å². The van der Waals surface area contributed by atoms with Crippen LogP contribution in [0.1, 0.15) is 0 Å². The predicted molar refractivity (Wildman–Crippen MR) is 86.0 cm³/mol. The Morgan fingerprint density at radius 1 is 1.20 bits per heavy atom. The molecule has 102 valence electrons. The van der Waals surface area contributed by atoms with E-state index in [1.807, 2.05) is 18.2 Å². The number of nitrogens with zero attached hydrogens (tertiary/aromatic N) is 1. The minimum Gasteiger partial charge on any atom is -0.496 e. The topological polar surface area (TPSA) is 48.1 Å². The quantitative estimate of drug-likeness (QED) is 0.685. The van der Waals surface area contributed by atoms with Crippen molar-refractivity contribution in [2.24, 2.45) is 0 Å². The molecule has 0 bridgehead atoms. The van der Waals surface area contributed by atoms with E-state index in [1.54, 1.807) is 19.2 Å². The highest BCUT2D eigenvalue weighted by Crippen LogP contribution is 2.40. The van der Waals surface area contributed by atoms with Gasteiger partial charge in [-0.15, -0.1) is 11.3 Å². The van der Waals surface area contributed by atoms with Crippen LogP contribution in [0.25, 0.3) is 20.8 Å². The zero-order valence-corrected chi connectivity index (χ0v) is 12.8. The molecule has 3 aromatic rings. The van der Waals surface area contributed by atoms with E-state index in [4.69, 9.17) is 33.7 Å². The van der Waals surface area contributed by atoms with Crippen LogP contribution in [0, 0.1) is 0 Å². The van der Waals surface area contributed by atoms with E-state index in [1.165, 1.54) is 11.3 Å². The molecule has 0 spiro atoms. The standard InChI is InChI=1S/C14H10Cl2N2OS/c1-19-12-6-10(17)9(16)5-7(12)14-18-11-4-2-3-8(15)13(11)20-14/h2-6H,17H2,1H3. The van der Waals surface area contributed by atoms with E-state index in [0.29, 0.717) is 21.5 Å². The van der Waals surface area contributed by atoms with Crippen LogP contribution in [0.2, 0.25) is 10.0 Å². The lowest BCUT2D eigenvalue weighted by atomic mass is 10.2. The number of benzene rings is 2. The first-order valence-corrected chi connectivity index (χ1v) is 7.36. The lowest BCUT2D eigenvalue weighted by Gasteiger charge is -2.08. The van der Waals surface area contributed by atoms with Crippen molar-refractivity contribution in [3.05, 3.63) is 40.4 Å². The first-order valence-electron chi connectivity index (χ1n) is 5.78. The highest BCUT2D eigenvalue weighted by Gasteiger charge is 2.15. The Morgan fingerprint density at radius 3 is 2.70 bits per heavy atom. The smallest absolute Gasteiger partial charge is 0.131 e. The molecule has 0 fully saturated rings. The van der Waals surface area contributed by atoms with Gasteiger partial charge < -0.3 is 10.5 Å². The van der Waals surface area contributed by atoms with Gasteiger partial charge in [-0.05, 0) is 18.2 Å². The summed E-state index contributed by atoms with van der Waals surface area (Å²) in [7, 11) is 1.59. The number of aromatic nitrogens is 1. The molecule has 3 rings (SSSR count). The molecule has 20 heavy (non-hydrogen) atoms. The Bertz CT molecular complexity index is 801. The number of fused-ring (bicyclic) bond motifs is 1. The maximum atomic E-state index is 6.18. The second-order valence-corrected chi connectivity index (χ2v) is 5.99.